The Labute approximate surface area is 99.2 Å². The molecular formula is C12H24N2S. The molecule has 3 heteroatoms. The zero-order valence-corrected chi connectivity index (χ0v) is 11.0. The fourth-order valence-electron chi connectivity index (χ4n) is 2.13. The lowest BCUT2D eigenvalue weighted by Crippen LogP contribution is -2.44. The molecule has 0 heterocycles. The molecule has 0 amide bonds. The minimum absolute atomic E-state index is 0.527. The van der Waals surface area contributed by atoms with E-state index in [1.807, 2.05) is 0 Å². The van der Waals surface area contributed by atoms with Gasteiger partial charge in [0.25, 0.3) is 0 Å². The summed E-state index contributed by atoms with van der Waals surface area (Å²) in [5.41, 5.74) is 0. The van der Waals surface area contributed by atoms with Crippen LogP contribution in [0.3, 0.4) is 0 Å². The summed E-state index contributed by atoms with van der Waals surface area (Å²) in [6.07, 6.45) is 5.51. The first kappa shape index (κ1) is 12.8. The highest BCUT2D eigenvalue weighted by Gasteiger charge is 2.21. The zero-order chi connectivity index (χ0) is 11.3. The highest BCUT2D eigenvalue weighted by atomic mass is 32.1. The van der Waals surface area contributed by atoms with E-state index in [2.05, 4.69) is 31.4 Å². The molecule has 0 aromatic rings. The Morgan fingerprint density at radius 1 is 1.27 bits per heavy atom. The van der Waals surface area contributed by atoms with Gasteiger partial charge < -0.3 is 10.6 Å². The summed E-state index contributed by atoms with van der Waals surface area (Å²) >= 11 is 5.26. The molecule has 2 nitrogen and oxygen atoms in total. The van der Waals surface area contributed by atoms with Gasteiger partial charge in [0.15, 0.2) is 5.11 Å². The maximum atomic E-state index is 5.26. The Kier molecular flexibility index (Phi) is 5.37. The van der Waals surface area contributed by atoms with E-state index in [0.29, 0.717) is 12.0 Å². The van der Waals surface area contributed by atoms with E-state index in [1.165, 1.54) is 25.7 Å². The second-order valence-electron chi connectivity index (χ2n) is 5.08. The molecule has 1 saturated carbocycles. The van der Waals surface area contributed by atoms with Crippen LogP contribution < -0.4 is 10.6 Å². The van der Waals surface area contributed by atoms with Gasteiger partial charge in [0.2, 0.25) is 0 Å². The molecule has 0 spiro atoms. The van der Waals surface area contributed by atoms with Crippen LogP contribution in [0.2, 0.25) is 0 Å². The molecule has 1 unspecified atom stereocenters. The molecule has 1 atom stereocenters. The lowest BCUT2D eigenvalue weighted by molar-refractivity contribution is 0.423. The van der Waals surface area contributed by atoms with Crippen LogP contribution >= 0.6 is 12.2 Å². The van der Waals surface area contributed by atoms with Crippen LogP contribution in [-0.2, 0) is 0 Å². The van der Waals surface area contributed by atoms with Crippen molar-refractivity contribution in [3.05, 3.63) is 0 Å². The van der Waals surface area contributed by atoms with Crippen LogP contribution in [0.15, 0.2) is 0 Å². The molecule has 0 aliphatic heterocycles. The summed E-state index contributed by atoms with van der Waals surface area (Å²) in [4.78, 5) is 0. The van der Waals surface area contributed by atoms with Gasteiger partial charge in [-0.3, -0.25) is 0 Å². The third-order valence-electron chi connectivity index (χ3n) is 3.14. The summed E-state index contributed by atoms with van der Waals surface area (Å²) in [7, 11) is 0. The summed E-state index contributed by atoms with van der Waals surface area (Å²) < 4.78 is 0. The minimum atomic E-state index is 0.527. The fraction of sp³-hybridized carbons (Fsp3) is 0.917. The van der Waals surface area contributed by atoms with Crippen LogP contribution in [-0.4, -0.2) is 17.7 Å². The second-order valence-corrected chi connectivity index (χ2v) is 5.49. The highest BCUT2D eigenvalue weighted by molar-refractivity contribution is 7.80. The number of hydrogen-bond donors (Lipinski definition) is 2. The topological polar surface area (TPSA) is 24.1 Å². The molecule has 0 aromatic heterocycles. The first-order valence-corrected chi connectivity index (χ1v) is 6.54. The Morgan fingerprint density at radius 2 is 1.87 bits per heavy atom. The lowest BCUT2D eigenvalue weighted by Gasteiger charge is -2.22. The number of nitrogens with one attached hydrogen (secondary N) is 2. The van der Waals surface area contributed by atoms with E-state index in [9.17, 15) is 0 Å². The smallest absolute Gasteiger partial charge is 0.166 e. The van der Waals surface area contributed by atoms with Gasteiger partial charge in [0.05, 0.1) is 0 Å². The van der Waals surface area contributed by atoms with Gasteiger partial charge in [-0.2, -0.15) is 0 Å². The van der Waals surface area contributed by atoms with Crippen LogP contribution in [0.1, 0.15) is 46.5 Å². The standard InChI is InChI=1S/C12H24N2S/c1-9(2)8-13-12(15)14-10(3)11-6-4-5-7-11/h9-11H,4-8H2,1-3H3,(H2,13,14,15). The van der Waals surface area contributed by atoms with Gasteiger partial charge in [0.1, 0.15) is 0 Å². The summed E-state index contributed by atoms with van der Waals surface area (Å²) in [5, 5.41) is 7.48. The molecule has 1 aliphatic rings. The average molecular weight is 228 g/mol. The molecule has 0 saturated heterocycles. The Bertz CT molecular complexity index is 198. The van der Waals surface area contributed by atoms with Gasteiger partial charge in [-0.1, -0.05) is 26.7 Å². The highest BCUT2D eigenvalue weighted by Crippen LogP contribution is 2.27. The predicted molar refractivity (Wildman–Crippen MR) is 70.0 cm³/mol. The number of rotatable bonds is 4. The first-order chi connectivity index (χ1) is 7.09. The maximum Gasteiger partial charge on any atom is 0.166 e. The molecule has 15 heavy (non-hydrogen) atoms. The van der Waals surface area contributed by atoms with Crippen molar-refractivity contribution in [3.63, 3.8) is 0 Å². The van der Waals surface area contributed by atoms with Crippen molar-refractivity contribution in [2.75, 3.05) is 6.54 Å². The molecule has 0 bridgehead atoms. The van der Waals surface area contributed by atoms with Crippen LogP contribution in [0.5, 0.6) is 0 Å². The average Bonchev–Trinajstić information content (AvgIpc) is 2.67. The lowest BCUT2D eigenvalue weighted by atomic mass is 10.0. The normalized spacial score (nSPS) is 19.2. The molecular weight excluding hydrogens is 204 g/mol. The predicted octanol–water partition coefficient (Wildman–Crippen LogP) is 2.69. The summed E-state index contributed by atoms with van der Waals surface area (Å²) in [6, 6.07) is 0.527. The Balaban J connectivity index is 2.18. The molecule has 0 aromatic carbocycles. The third-order valence-corrected chi connectivity index (χ3v) is 3.40. The SMILES string of the molecule is CC(C)CNC(=S)NC(C)C1CCCC1. The van der Waals surface area contributed by atoms with Crippen molar-refractivity contribution in [1.82, 2.24) is 10.6 Å². The van der Waals surface area contributed by atoms with Crippen molar-refractivity contribution in [1.29, 1.82) is 0 Å². The summed E-state index contributed by atoms with van der Waals surface area (Å²) in [6.45, 7) is 7.59. The molecule has 1 fully saturated rings. The second kappa shape index (κ2) is 6.31. The maximum absolute atomic E-state index is 5.26. The van der Waals surface area contributed by atoms with Gasteiger partial charge >= 0.3 is 0 Å². The van der Waals surface area contributed by atoms with Crippen molar-refractivity contribution in [3.8, 4) is 0 Å². The van der Waals surface area contributed by atoms with Gasteiger partial charge in [0, 0.05) is 12.6 Å². The van der Waals surface area contributed by atoms with Crippen molar-refractivity contribution < 1.29 is 0 Å². The Hall–Kier alpha value is -0.310. The van der Waals surface area contributed by atoms with E-state index in [4.69, 9.17) is 12.2 Å². The van der Waals surface area contributed by atoms with Crippen molar-refractivity contribution >= 4 is 17.3 Å². The minimum Gasteiger partial charge on any atom is -0.362 e. The first-order valence-electron chi connectivity index (χ1n) is 6.14. The summed E-state index contributed by atoms with van der Waals surface area (Å²) in [5.74, 6) is 1.47. The fourth-order valence-corrected chi connectivity index (χ4v) is 2.40. The quantitative estimate of drug-likeness (QED) is 0.724. The molecule has 1 rings (SSSR count). The van der Waals surface area contributed by atoms with Crippen LogP contribution in [0.25, 0.3) is 0 Å². The van der Waals surface area contributed by atoms with E-state index in [1.54, 1.807) is 0 Å². The van der Waals surface area contributed by atoms with Crippen LogP contribution in [0, 0.1) is 11.8 Å². The number of hydrogen-bond acceptors (Lipinski definition) is 1. The number of thiocarbonyl (C=S) groups is 1. The molecule has 1 aliphatic carbocycles. The van der Waals surface area contributed by atoms with Gasteiger partial charge in [-0.05, 0) is 43.8 Å². The van der Waals surface area contributed by atoms with E-state index in [0.717, 1.165) is 17.6 Å². The van der Waals surface area contributed by atoms with Crippen molar-refractivity contribution in [2.24, 2.45) is 11.8 Å². The van der Waals surface area contributed by atoms with E-state index >= 15 is 0 Å². The monoisotopic (exact) mass is 228 g/mol. The van der Waals surface area contributed by atoms with Crippen LogP contribution in [0.4, 0.5) is 0 Å². The van der Waals surface area contributed by atoms with E-state index in [-0.39, 0.29) is 0 Å². The zero-order valence-electron chi connectivity index (χ0n) is 10.2. The Morgan fingerprint density at radius 3 is 2.40 bits per heavy atom. The van der Waals surface area contributed by atoms with Gasteiger partial charge in [-0.25, -0.2) is 0 Å². The molecule has 0 radical (unpaired) electrons. The molecule has 2 N–H and O–H groups in total. The third kappa shape index (κ3) is 4.83. The van der Waals surface area contributed by atoms with Crippen molar-refractivity contribution in [2.45, 2.75) is 52.5 Å². The molecule has 88 valence electrons. The van der Waals surface area contributed by atoms with Gasteiger partial charge in [-0.15, -0.1) is 0 Å². The largest absolute Gasteiger partial charge is 0.362 e. The van der Waals surface area contributed by atoms with E-state index < -0.39 is 0 Å².